The molecule has 0 heterocycles. The van der Waals surface area contributed by atoms with Gasteiger partial charge in [-0.2, -0.15) is 0 Å². The lowest BCUT2D eigenvalue weighted by Gasteiger charge is -2.25. The lowest BCUT2D eigenvalue weighted by atomic mass is 10.1. The summed E-state index contributed by atoms with van der Waals surface area (Å²) in [7, 11) is 0. The van der Waals surface area contributed by atoms with Crippen molar-refractivity contribution in [3.8, 4) is 0 Å². The van der Waals surface area contributed by atoms with Crippen molar-refractivity contribution < 1.29 is 0 Å². The smallest absolute Gasteiger partial charge is 0.0766 e. The second-order valence-electron chi connectivity index (χ2n) is 10.8. The standard InChI is InChI=1S/C34H60S2/c1-4-6-8-10-12-14-16-18-20-25-31-35-34(3,30-29-33-27-23-22-24-28-33)36-32-26-21-19-17-15-13-11-9-7-5-2/h22-24,27-30H,4-21,25-26,31-32H2,1-3H3/b30-29+. The zero-order valence-corrected chi connectivity index (χ0v) is 26.0. The Hall–Kier alpha value is -0.340. The fourth-order valence-electron chi connectivity index (χ4n) is 4.68. The highest BCUT2D eigenvalue weighted by Gasteiger charge is 2.21. The highest BCUT2D eigenvalue weighted by Crippen LogP contribution is 2.40. The van der Waals surface area contributed by atoms with Crippen LogP contribution in [0.1, 0.15) is 155 Å². The molecule has 0 aliphatic rings. The number of hydrogen-bond acceptors (Lipinski definition) is 2. The molecule has 1 aromatic carbocycles. The number of thioether (sulfide) groups is 2. The van der Waals surface area contributed by atoms with E-state index in [0.717, 1.165) is 0 Å². The van der Waals surface area contributed by atoms with Gasteiger partial charge in [-0.3, -0.25) is 0 Å². The maximum Gasteiger partial charge on any atom is 0.0766 e. The van der Waals surface area contributed by atoms with E-state index >= 15 is 0 Å². The van der Waals surface area contributed by atoms with Crippen LogP contribution in [0, 0.1) is 0 Å². The van der Waals surface area contributed by atoms with Crippen LogP contribution in [0.5, 0.6) is 0 Å². The average Bonchev–Trinajstić information content (AvgIpc) is 2.90. The van der Waals surface area contributed by atoms with Crippen molar-refractivity contribution in [2.45, 2.75) is 153 Å². The van der Waals surface area contributed by atoms with Crippen LogP contribution >= 0.6 is 23.5 Å². The van der Waals surface area contributed by atoms with E-state index in [1.54, 1.807) is 0 Å². The van der Waals surface area contributed by atoms with Gasteiger partial charge in [0.25, 0.3) is 0 Å². The van der Waals surface area contributed by atoms with Crippen molar-refractivity contribution in [1.82, 2.24) is 0 Å². The van der Waals surface area contributed by atoms with Crippen molar-refractivity contribution in [2.75, 3.05) is 11.5 Å². The number of unbranched alkanes of at least 4 members (excludes halogenated alkanes) is 18. The molecule has 0 atom stereocenters. The van der Waals surface area contributed by atoms with Crippen LogP contribution in [0.4, 0.5) is 0 Å². The second-order valence-corrected chi connectivity index (χ2v) is 14.2. The normalized spacial score (nSPS) is 12.1. The third-order valence-corrected chi connectivity index (χ3v) is 10.3. The molecule has 0 fully saturated rings. The Kier molecular flexibility index (Phi) is 23.4. The third kappa shape index (κ3) is 20.7. The third-order valence-electron chi connectivity index (χ3n) is 7.15. The summed E-state index contributed by atoms with van der Waals surface area (Å²) in [6.45, 7) is 7.06. The lowest BCUT2D eigenvalue weighted by molar-refractivity contribution is 0.563. The summed E-state index contributed by atoms with van der Waals surface area (Å²) in [5, 5.41) is 0. The van der Waals surface area contributed by atoms with E-state index in [9.17, 15) is 0 Å². The molecule has 0 aliphatic heterocycles. The Morgan fingerprint density at radius 2 is 0.889 bits per heavy atom. The molecule has 36 heavy (non-hydrogen) atoms. The summed E-state index contributed by atoms with van der Waals surface area (Å²) >= 11 is 4.36. The minimum Gasteiger partial charge on any atom is -0.140 e. The van der Waals surface area contributed by atoms with Gasteiger partial charge in [0.05, 0.1) is 4.08 Å². The predicted molar refractivity (Wildman–Crippen MR) is 172 cm³/mol. The Morgan fingerprint density at radius 1 is 0.528 bits per heavy atom. The van der Waals surface area contributed by atoms with Gasteiger partial charge < -0.3 is 0 Å². The minimum atomic E-state index is 0.189. The van der Waals surface area contributed by atoms with E-state index in [1.165, 1.54) is 145 Å². The van der Waals surface area contributed by atoms with Gasteiger partial charge in [-0.1, -0.05) is 172 Å². The monoisotopic (exact) mass is 532 g/mol. The van der Waals surface area contributed by atoms with Crippen LogP contribution in [0.2, 0.25) is 0 Å². The van der Waals surface area contributed by atoms with Gasteiger partial charge in [-0.15, -0.1) is 23.5 Å². The molecule has 0 aromatic heterocycles. The lowest BCUT2D eigenvalue weighted by Crippen LogP contribution is -2.13. The summed E-state index contributed by atoms with van der Waals surface area (Å²) in [5.74, 6) is 2.58. The van der Waals surface area contributed by atoms with E-state index in [2.05, 4.69) is 86.8 Å². The Balaban J connectivity index is 2.24. The minimum absolute atomic E-state index is 0.189. The van der Waals surface area contributed by atoms with Gasteiger partial charge >= 0.3 is 0 Å². The zero-order chi connectivity index (χ0) is 26.0. The molecule has 0 radical (unpaired) electrons. The highest BCUT2D eigenvalue weighted by molar-refractivity contribution is 8.18. The Morgan fingerprint density at radius 3 is 1.28 bits per heavy atom. The first-order chi connectivity index (χ1) is 17.7. The fourth-order valence-corrected chi connectivity index (χ4v) is 7.35. The SMILES string of the molecule is CCCCCCCCCCCCSC(C)(/C=C/c1ccccc1)SCCCCCCCCCCCC. The van der Waals surface area contributed by atoms with E-state index in [4.69, 9.17) is 0 Å². The van der Waals surface area contributed by atoms with Crippen molar-refractivity contribution in [2.24, 2.45) is 0 Å². The average molecular weight is 533 g/mol. The highest BCUT2D eigenvalue weighted by atomic mass is 32.2. The molecule has 0 saturated carbocycles. The van der Waals surface area contributed by atoms with Gasteiger partial charge in [-0.25, -0.2) is 0 Å². The van der Waals surface area contributed by atoms with Crippen LogP contribution in [-0.2, 0) is 0 Å². The summed E-state index contributed by atoms with van der Waals surface area (Å²) in [6, 6.07) is 10.8. The number of rotatable bonds is 26. The number of benzene rings is 1. The molecule has 0 amide bonds. The largest absolute Gasteiger partial charge is 0.140 e. The predicted octanol–water partition coefficient (Wildman–Crippen LogP) is 12.7. The first kappa shape index (κ1) is 33.7. The molecule has 208 valence electrons. The molecule has 0 unspecified atom stereocenters. The van der Waals surface area contributed by atoms with Crippen molar-refractivity contribution in [3.05, 3.63) is 42.0 Å². The van der Waals surface area contributed by atoms with Crippen LogP contribution in [0.25, 0.3) is 6.08 Å². The van der Waals surface area contributed by atoms with Crippen LogP contribution in [-0.4, -0.2) is 15.6 Å². The molecule has 0 N–H and O–H groups in total. The summed E-state index contributed by atoms with van der Waals surface area (Å²) in [5.41, 5.74) is 1.32. The molecule has 1 rings (SSSR count). The Bertz CT molecular complexity index is 568. The van der Waals surface area contributed by atoms with Gasteiger partial charge in [0.2, 0.25) is 0 Å². The molecular weight excluding hydrogens is 473 g/mol. The first-order valence-electron chi connectivity index (χ1n) is 15.7. The van der Waals surface area contributed by atoms with Gasteiger partial charge in [0.15, 0.2) is 0 Å². The van der Waals surface area contributed by atoms with Gasteiger partial charge in [0, 0.05) is 0 Å². The topological polar surface area (TPSA) is 0 Å². The molecule has 0 nitrogen and oxygen atoms in total. The molecule has 0 bridgehead atoms. The molecule has 1 aromatic rings. The van der Waals surface area contributed by atoms with E-state index < -0.39 is 0 Å². The van der Waals surface area contributed by atoms with Crippen LogP contribution in [0.15, 0.2) is 36.4 Å². The second kappa shape index (κ2) is 25.0. The van der Waals surface area contributed by atoms with E-state index in [1.807, 2.05) is 0 Å². The summed E-state index contributed by atoms with van der Waals surface area (Å²) in [6.07, 6.45) is 33.2. The fraction of sp³-hybridized carbons (Fsp3) is 0.765. The van der Waals surface area contributed by atoms with E-state index in [0.29, 0.717) is 0 Å². The van der Waals surface area contributed by atoms with E-state index in [-0.39, 0.29) is 4.08 Å². The molecule has 2 heteroatoms. The summed E-state index contributed by atoms with van der Waals surface area (Å²) in [4.78, 5) is 0. The number of hydrogen-bond donors (Lipinski definition) is 0. The van der Waals surface area contributed by atoms with Crippen LogP contribution in [0.3, 0.4) is 0 Å². The molecule has 0 aliphatic carbocycles. The summed E-state index contributed by atoms with van der Waals surface area (Å²) < 4.78 is 0.189. The van der Waals surface area contributed by atoms with Crippen molar-refractivity contribution in [1.29, 1.82) is 0 Å². The van der Waals surface area contributed by atoms with Crippen molar-refractivity contribution >= 4 is 29.6 Å². The van der Waals surface area contributed by atoms with Crippen molar-refractivity contribution in [3.63, 3.8) is 0 Å². The molecule has 0 spiro atoms. The Labute approximate surface area is 235 Å². The quantitative estimate of drug-likeness (QED) is 0.0859. The maximum atomic E-state index is 2.48. The maximum absolute atomic E-state index is 2.48. The molecular formula is C34H60S2. The molecule has 0 saturated heterocycles. The van der Waals surface area contributed by atoms with Gasteiger partial charge in [-0.05, 0) is 36.8 Å². The van der Waals surface area contributed by atoms with Crippen LogP contribution < -0.4 is 0 Å². The zero-order valence-electron chi connectivity index (χ0n) is 24.4. The first-order valence-corrected chi connectivity index (χ1v) is 17.7. The van der Waals surface area contributed by atoms with Gasteiger partial charge in [0.1, 0.15) is 0 Å².